The fourth-order valence-corrected chi connectivity index (χ4v) is 6.41. The van der Waals surface area contributed by atoms with E-state index in [-0.39, 0.29) is 5.91 Å². The number of thioether (sulfide) groups is 1. The Morgan fingerprint density at radius 3 is 2.37 bits per heavy atom. The highest BCUT2D eigenvalue weighted by atomic mass is 79.9. The van der Waals surface area contributed by atoms with E-state index in [9.17, 15) is 14.7 Å². The van der Waals surface area contributed by atoms with Crippen LogP contribution in [0.1, 0.15) is 38.8 Å². The van der Waals surface area contributed by atoms with Gasteiger partial charge in [0, 0.05) is 54.2 Å². The summed E-state index contributed by atoms with van der Waals surface area (Å²) in [4.78, 5) is 30.4. The average Bonchev–Trinajstić information content (AvgIpc) is 3.37. The van der Waals surface area contributed by atoms with Crippen LogP contribution >= 0.6 is 27.7 Å². The molecular weight excluding hydrogens is 568 g/mol. The molecule has 0 bridgehead atoms. The molecule has 2 amide bonds. The van der Waals surface area contributed by atoms with E-state index in [1.54, 1.807) is 5.01 Å². The van der Waals surface area contributed by atoms with Gasteiger partial charge in [-0.1, -0.05) is 24.3 Å². The molecule has 2 fully saturated rings. The molecule has 0 aromatic heterocycles. The van der Waals surface area contributed by atoms with Crippen molar-refractivity contribution in [2.45, 2.75) is 38.8 Å². The van der Waals surface area contributed by atoms with Gasteiger partial charge in [-0.15, -0.1) is 0 Å². The van der Waals surface area contributed by atoms with Gasteiger partial charge in [0.1, 0.15) is 18.4 Å². The molecule has 0 spiro atoms. The zero-order valence-electron chi connectivity index (χ0n) is 22.3. The Morgan fingerprint density at radius 2 is 1.74 bits per heavy atom. The van der Waals surface area contributed by atoms with Crippen LogP contribution in [0.4, 0.5) is 10.5 Å². The summed E-state index contributed by atoms with van der Waals surface area (Å²) in [6, 6.07) is 14.1. The number of benzene rings is 2. The van der Waals surface area contributed by atoms with Crippen LogP contribution in [0.3, 0.4) is 0 Å². The van der Waals surface area contributed by atoms with E-state index in [0.29, 0.717) is 31.0 Å². The molecule has 2 aromatic carbocycles. The zero-order valence-corrected chi connectivity index (χ0v) is 24.7. The summed E-state index contributed by atoms with van der Waals surface area (Å²) in [6.07, 6.45) is -0.340. The number of carbonyl (C=O) groups excluding carboxylic acids is 1. The van der Waals surface area contributed by atoms with Crippen molar-refractivity contribution >= 4 is 45.4 Å². The number of hydrogen-bond acceptors (Lipinski definition) is 6. The quantitative estimate of drug-likeness (QED) is 0.435. The van der Waals surface area contributed by atoms with Crippen LogP contribution in [0.25, 0.3) is 0 Å². The standard InChI is InChI=1S/C28H37BrN4O4S/c1-28(2,3)33(27(35)36)25(26(34)32-14-6-13-31(32)24-8-5-4-7-23(24)29)21-9-11-22(12-10-21)37-18-15-30-16-19-38-20-17-30/h4-5,7-12,25H,6,13-20H2,1-3H3,(H,35,36)/t25-/m0/s1. The molecule has 1 atom stereocenters. The predicted octanol–water partition coefficient (Wildman–Crippen LogP) is 5.35. The Morgan fingerprint density at radius 1 is 1.05 bits per heavy atom. The van der Waals surface area contributed by atoms with E-state index in [1.807, 2.05) is 86.1 Å². The molecule has 2 saturated heterocycles. The monoisotopic (exact) mass is 604 g/mol. The second kappa shape index (κ2) is 12.6. The van der Waals surface area contributed by atoms with Crippen LogP contribution in [0.5, 0.6) is 5.75 Å². The first-order valence-corrected chi connectivity index (χ1v) is 15.0. The highest BCUT2D eigenvalue weighted by Gasteiger charge is 2.43. The number of ether oxygens (including phenoxy) is 1. The van der Waals surface area contributed by atoms with Crippen molar-refractivity contribution in [2.75, 3.05) is 55.8 Å². The average molecular weight is 606 g/mol. The second-order valence-electron chi connectivity index (χ2n) is 10.5. The zero-order chi connectivity index (χ0) is 27.3. The second-order valence-corrected chi connectivity index (χ2v) is 12.6. The normalized spacial score (nSPS) is 17.4. The summed E-state index contributed by atoms with van der Waals surface area (Å²) in [7, 11) is 0. The number of amides is 2. The molecule has 2 aromatic rings. The molecule has 4 rings (SSSR count). The molecule has 2 aliphatic heterocycles. The minimum Gasteiger partial charge on any atom is -0.492 e. The topological polar surface area (TPSA) is 76.6 Å². The SMILES string of the molecule is CC(C)(C)N(C(=O)O)[C@H](C(=O)N1CCCN1c1ccccc1Br)c1ccc(OCCN2CCSCC2)cc1. The van der Waals surface area contributed by atoms with Crippen LogP contribution in [-0.2, 0) is 4.79 Å². The number of nitrogens with zero attached hydrogens (tertiary/aromatic N) is 4. The van der Waals surface area contributed by atoms with Gasteiger partial charge in [-0.3, -0.25) is 24.6 Å². The van der Waals surface area contributed by atoms with E-state index < -0.39 is 17.7 Å². The first-order chi connectivity index (χ1) is 18.2. The summed E-state index contributed by atoms with van der Waals surface area (Å²) in [5.74, 6) is 2.76. The van der Waals surface area contributed by atoms with Gasteiger partial charge in [0.2, 0.25) is 0 Å². The van der Waals surface area contributed by atoms with Gasteiger partial charge in [0.15, 0.2) is 0 Å². The van der Waals surface area contributed by atoms with E-state index >= 15 is 0 Å². The lowest BCUT2D eigenvalue weighted by atomic mass is 9.97. The number of carboxylic acid groups (broad SMARTS) is 1. The molecule has 0 saturated carbocycles. The molecule has 2 aliphatic rings. The molecule has 10 heteroatoms. The van der Waals surface area contributed by atoms with Gasteiger partial charge < -0.3 is 9.84 Å². The predicted molar refractivity (Wildman–Crippen MR) is 156 cm³/mol. The number of rotatable bonds is 8. The number of halogens is 1. The van der Waals surface area contributed by atoms with Gasteiger partial charge in [-0.05, 0) is 73.0 Å². The van der Waals surface area contributed by atoms with Crippen molar-refractivity contribution in [1.29, 1.82) is 0 Å². The molecule has 8 nitrogen and oxygen atoms in total. The Bertz CT molecular complexity index is 1100. The van der Waals surface area contributed by atoms with Gasteiger partial charge >= 0.3 is 6.09 Å². The maximum Gasteiger partial charge on any atom is 0.408 e. The highest BCUT2D eigenvalue weighted by molar-refractivity contribution is 9.10. The molecule has 0 unspecified atom stereocenters. The number of anilines is 1. The molecule has 0 aliphatic carbocycles. The van der Waals surface area contributed by atoms with E-state index in [2.05, 4.69) is 20.8 Å². The van der Waals surface area contributed by atoms with Crippen LogP contribution in [0, 0.1) is 0 Å². The summed E-state index contributed by atoms with van der Waals surface area (Å²) in [6.45, 7) is 10.3. The van der Waals surface area contributed by atoms with E-state index in [4.69, 9.17) is 4.74 Å². The molecule has 0 radical (unpaired) electrons. The van der Waals surface area contributed by atoms with Crippen molar-refractivity contribution in [1.82, 2.24) is 14.8 Å². The Balaban J connectivity index is 1.57. The minimum absolute atomic E-state index is 0.271. The molecule has 38 heavy (non-hydrogen) atoms. The Hall–Kier alpha value is -2.43. The first kappa shape index (κ1) is 28.6. The smallest absolute Gasteiger partial charge is 0.408 e. The fourth-order valence-electron chi connectivity index (χ4n) is 4.94. The van der Waals surface area contributed by atoms with Crippen molar-refractivity contribution in [3.63, 3.8) is 0 Å². The molecule has 206 valence electrons. The maximum absolute atomic E-state index is 14.2. The summed E-state index contributed by atoms with van der Waals surface area (Å²) in [5, 5.41) is 13.9. The Kier molecular flexibility index (Phi) is 9.49. The minimum atomic E-state index is -1.14. The van der Waals surface area contributed by atoms with E-state index in [0.717, 1.165) is 47.7 Å². The van der Waals surface area contributed by atoms with E-state index in [1.165, 1.54) is 4.90 Å². The summed E-state index contributed by atoms with van der Waals surface area (Å²) >= 11 is 5.59. The first-order valence-electron chi connectivity index (χ1n) is 13.1. The van der Waals surface area contributed by atoms with Gasteiger partial charge in [0.25, 0.3) is 5.91 Å². The third-order valence-electron chi connectivity index (χ3n) is 6.81. The lowest BCUT2D eigenvalue weighted by Crippen LogP contribution is -2.54. The number of carbonyl (C=O) groups is 2. The molecule has 1 N–H and O–H groups in total. The fraction of sp³-hybridized carbons (Fsp3) is 0.500. The lowest BCUT2D eigenvalue weighted by molar-refractivity contribution is -0.138. The van der Waals surface area contributed by atoms with Crippen molar-refractivity contribution in [3.05, 3.63) is 58.6 Å². The van der Waals surface area contributed by atoms with Crippen LogP contribution in [-0.4, -0.2) is 88.3 Å². The van der Waals surface area contributed by atoms with Crippen LogP contribution < -0.4 is 9.75 Å². The summed E-state index contributed by atoms with van der Waals surface area (Å²) in [5.41, 5.74) is 0.698. The van der Waals surface area contributed by atoms with Crippen LogP contribution in [0.2, 0.25) is 0 Å². The van der Waals surface area contributed by atoms with Crippen molar-refractivity contribution in [3.8, 4) is 5.75 Å². The van der Waals surface area contributed by atoms with Crippen LogP contribution in [0.15, 0.2) is 53.0 Å². The number of hydrogen-bond donors (Lipinski definition) is 1. The highest BCUT2D eigenvalue weighted by Crippen LogP contribution is 2.35. The molecular formula is C28H37BrN4O4S. The van der Waals surface area contributed by atoms with Gasteiger partial charge in [-0.25, -0.2) is 4.79 Å². The summed E-state index contributed by atoms with van der Waals surface area (Å²) < 4.78 is 6.86. The van der Waals surface area contributed by atoms with Gasteiger partial charge in [-0.2, -0.15) is 11.8 Å². The largest absolute Gasteiger partial charge is 0.492 e. The Labute approximate surface area is 238 Å². The van der Waals surface area contributed by atoms with Crippen molar-refractivity contribution in [2.24, 2.45) is 0 Å². The lowest BCUT2D eigenvalue weighted by Gasteiger charge is -2.42. The number of hydrazine groups is 1. The molecule has 2 heterocycles. The maximum atomic E-state index is 14.2. The van der Waals surface area contributed by atoms with Crippen molar-refractivity contribution < 1.29 is 19.4 Å². The number of para-hydroxylation sites is 1. The van der Waals surface area contributed by atoms with Gasteiger partial charge in [0.05, 0.1) is 5.69 Å². The third-order valence-corrected chi connectivity index (χ3v) is 8.43. The third kappa shape index (κ3) is 6.76.